The van der Waals surface area contributed by atoms with Crippen molar-refractivity contribution in [2.45, 2.75) is 45.6 Å². The van der Waals surface area contributed by atoms with Crippen molar-refractivity contribution in [1.29, 1.82) is 0 Å². The maximum atomic E-state index is 6.19. The van der Waals surface area contributed by atoms with Crippen LogP contribution in [0.4, 0.5) is 0 Å². The highest BCUT2D eigenvalue weighted by Crippen LogP contribution is 2.29. The molecule has 1 rings (SSSR count). The van der Waals surface area contributed by atoms with E-state index in [0.717, 1.165) is 18.0 Å². The molecule has 0 bridgehead atoms. The lowest BCUT2D eigenvalue weighted by Gasteiger charge is -2.22. The fourth-order valence-electron chi connectivity index (χ4n) is 1.72. The van der Waals surface area contributed by atoms with Gasteiger partial charge >= 0.3 is 0 Å². The minimum atomic E-state index is 0.170. The molecule has 0 spiro atoms. The molecule has 1 N–H and O–H groups in total. The molecule has 3 heteroatoms. The summed E-state index contributed by atoms with van der Waals surface area (Å²) < 4.78 is 0. The fraction of sp³-hybridized carbons (Fsp3) is 0.571. The van der Waals surface area contributed by atoms with E-state index in [9.17, 15) is 0 Å². The number of rotatable bonds is 4. The van der Waals surface area contributed by atoms with Crippen LogP contribution in [0.1, 0.15) is 45.6 Å². The zero-order valence-electron chi connectivity index (χ0n) is 11.0. The highest BCUT2D eigenvalue weighted by atomic mass is 35.5. The van der Waals surface area contributed by atoms with Crippen LogP contribution in [0, 0.1) is 0 Å². The van der Waals surface area contributed by atoms with Crippen molar-refractivity contribution in [2.75, 3.05) is 6.54 Å². The molecule has 1 unspecified atom stereocenters. The molecule has 96 valence electrons. The van der Waals surface area contributed by atoms with Crippen LogP contribution in [-0.4, -0.2) is 12.1 Å². The third-order valence-electron chi connectivity index (χ3n) is 2.73. The van der Waals surface area contributed by atoms with Crippen LogP contribution in [0.25, 0.3) is 0 Å². The van der Waals surface area contributed by atoms with Crippen LogP contribution in [-0.2, 0) is 0 Å². The Balaban J connectivity index is 2.55. The first-order chi connectivity index (χ1) is 7.79. The lowest BCUT2D eigenvalue weighted by Crippen LogP contribution is -2.36. The number of hydrogen-bond acceptors (Lipinski definition) is 1. The van der Waals surface area contributed by atoms with Crippen LogP contribution in [0.2, 0.25) is 10.0 Å². The number of nitrogens with one attached hydrogen (secondary N) is 1. The van der Waals surface area contributed by atoms with Gasteiger partial charge < -0.3 is 5.32 Å². The van der Waals surface area contributed by atoms with Crippen LogP contribution in [0.3, 0.4) is 0 Å². The molecule has 0 saturated heterocycles. The van der Waals surface area contributed by atoms with Crippen LogP contribution >= 0.6 is 23.2 Å². The molecule has 0 aliphatic heterocycles. The molecular weight excluding hydrogens is 253 g/mol. The topological polar surface area (TPSA) is 12.0 Å². The van der Waals surface area contributed by atoms with Crippen molar-refractivity contribution in [3.8, 4) is 0 Å². The van der Waals surface area contributed by atoms with E-state index in [-0.39, 0.29) is 5.54 Å². The summed E-state index contributed by atoms with van der Waals surface area (Å²) in [6, 6.07) is 5.73. The summed E-state index contributed by atoms with van der Waals surface area (Å²) >= 11 is 12.1. The normalized spacial score (nSPS) is 13.8. The second-order valence-electron chi connectivity index (χ2n) is 5.53. The highest BCUT2D eigenvalue weighted by Gasteiger charge is 2.12. The van der Waals surface area contributed by atoms with Gasteiger partial charge in [0.15, 0.2) is 0 Å². The quantitative estimate of drug-likeness (QED) is 0.825. The molecule has 0 fully saturated rings. The molecule has 1 nitrogen and oxygen atoms in total. The molecule has 0 saturated carbocycles. The zero-order valence-corrected chi connectivity index (χ0v) is 12.5. The largest absolute Gasteiger partial charge is 0.312 e. The summed E-state index contributed by atoms with van der Waals surface area (Å²) in [7, 11) is 0. The lowest BCUT2D eigenvalue weighted by molar-refractivity contribution is 0.413. The first-order valence-corrected chi connectivity index (χ1v) is 6.75. The average molecular weight is 274 g/mol. The van der Waals surface area contributed by atoms with Gasteiger partial charge in [-0.3, -0.25) is 0 Å². The third-order valence-corrected chi connectivity index (χ3v) is 3.29. The zero-order chi connectivity index (χ0) is 13.1. The average Bonchev–Trinajstić information content (AvgIpc) is 2.15. The number of halogens is 2. The van der Waals surface area contributed by atoms with E-state index in [1.807, 2.05) is 18.2 Å². The van der Waals surface area contributed by atoms with Crippen LogP contribution < -0.4 is 5.32 Å². The van der Waals surface area contributed by atoms with Gasteiger partial charge in [-0.15, -0.1) is 0 Å². The minimum absolute atomic E-state index is 0.170. The van der Waals surface area contributed by atoms with Crippen molar-refractivity contribution >= 4 is 23.2 Å². The van der Waals surface area contributed by atoms with E-state index in [0.29, 0.717) is 10.9 Å². The standard InChI is InChI=1S/C14H21Cl2N/c1-10(7-8-17-14(2,3)4)12-6-5-11(15)9-13(12)16/h5-6,9-10,17H,7-8H2,1-4H3. The van der Waals surface area contributed by atoms with E-state index in [2.05, 4.69) is 33.0 Å². The van der Waals surface area contributed by atoms with E-state index in [4.69, 9.17) is 23.2 Å². The Bertz CT molecular complexity index is 369. The molecule has 0 aromatic heterocycles. The summed E-state index contributed by atoms with van der Waals surface area (Å²) in [5.41, 5.74) is 1.34. The molecule has 0 amide bonds. The number of benzene rings is 1. The van der Waals surface area contributed by atoms with Gasteiger partial charge in [0.1, 0.15) is 0 Å². The monoisotopic (exact) mass is 273 g/mol. The van der Waals surface area contributed by atoms with Gasteiger partial charge in [0.05, 0.1) is 0 Å². The molecular formula is C14H21Cl2N. The fourth-order valence-corrected chi connectivity index (χ4v) is 2.32. The summed E-state index contributed by atoms with van der Waals surface area (Å²) in [5.74, 6) is 0.439. The summed E-state index contributed by atoms with van der Waals surface area (Å²) in [4.78, 5) is 0. The molecule has 0 radical (unpaired) electrons. The Morgan fingerprint density at radius 1 is 1.24 bits per heavy atom. The summed E-state index contributed by atoms with van der Waals surface area (Å²) in [6.45, 7) is 9.70. The van der Waals surface area contributed by atoms with Gasteiger partial charge in [-0.2, -0.15) is 0 Å². The predicted octanol–water partition coefficient (Wildman–Crippen LogP) is 4.88. The predicted molar refractivity (Wildman–Crippen MR) is 77.2 cm³/mol. The first kappa shape index (κ1) is 14.8. The second-order valence-corrected chi connectivity index (χ2v) is 6.38. The smallest absolute Gasteiger partial charge is 0.0455 e. The van der Waals surface area contributed by atoms with E-state index < -0.39 is 0 Å². The van der Waals surface area contributed by atoms with E-state index >= 15 is 0 Å². The first-order valence-electron chi connectivity index (χ1n) is 5.99. The van der Waals surface area contributed by atoms with Gasteiger partial charge in [-0.05, 0) is 57.4 Å². The Hall–Kier alpha value is -0.240. The van der Waals surface area contributed by atoms with Crippen molar-refractivity contribution in [3.05, 3.63) is 33.8 Å². The van der Waals surface area contributed by atoms with E-state index in [1.54, 1.807) is 0 Å². The maximum Gasteiger partial charge on any atom is 0.0455 e. The van der Waals surface area contributed by atoms with Crippen molar-refractivity contribution in [1.82, 2.24) is 5.32 Å². The Labute approximate surface area is 115 Å². The lowest BCUT2D eigenvalue weighted by atomic mass is 9.97. The minimum Gasteiger partial charge on any atom is -0.312 e. The maximum absolute atomic E-state index is 6.19. The van der Waals surface area contributed by atoms with Crippen molar-refractivity contribution in [3.63, 3.8) is 0 Å². The highest BCUT2D eigenvalue weighted by molar-refractivity contribution is 6.35. The Morgan fingerprint density at radius 2 is 1.88 bits per heavy atom. The Morgan fingerprint density at radius 3 is 2.41 bits per heavy atom. The van der Waals surface area contributed by atoms with Crippen LogP contribution in [0.15, 0.2) is 18.2 Å². The van der Waals surface area contributed by atoms with Gasteiger partial charge in [-0.1, -0.05) is 36.2 Å². The van der Waals surface area contributed by atoms with Gasteiger partial charge in [-0.25, -0.2) is 0 Å². The molecule has 0 heterocycles. The SMILES string of the molecule is CC(CCNC(C)(C)C)c1ccc(Cl)cc1Cl. The van der Waals surface area contributed by atoms with Gasteiger partial charge in [0, 0.05) is 15.6 Å². The summed E-state index contributed by atoms with van der Waals surface area (Å²) in [5, 5.41) is 4.94. The number of hydrogen-bond donors (Lipinski definition) is 1. The van der Waals surface area contributed by atoms with Gasteiger partial charge in [0.2, 0.25) is 0 Å². The molecule has 1 atom stereocenters. The third kappa shape index (κ3) is 5.29. The molecule has 1 aromatic rings. The van der Waals surface area contributed by atoms with E-state index in [1.165, 1.54) is 5.56 Å². The molecule has 17 heavy (non-hydrogen) atoms. The second kappa shape index (κ2) is 6.08. The Kier molecular flexibility index (Phi) is 5.30. The van der Waals surface area contributed by atoms with Gasteiger partial charge in [0.25, 0.3) is 0 Å². The van der Waals surface area contributed by atoms with Crippen LogP contribution in [0.5, 0.6) is 0 Å². The molecule has 1 aromatic carbocycles. The molecule has 0 aliphatic rings. The van der Waals surface area contributed by atoms with Crippen molar-refractivity contribution in [2.24, 2.45) is 0 Å². The van der Waals surface area contributed by atoms with Crippen molar-refractivity contribution < 1.29 is 0 Å². The summed E-state index contributed by atoms with van der Waals surface area (Å²) in [6.07, 6.45) is 1.07. The molecule has 0 aliphatic carbocycles.